The summed E-state index contributed by atoms with van der Waals surface area (Å²) in [5.74, 6) is -1.60. The minimum atomic E-state index is -1.15. The summed E-state index contributed by atoms with van der Waals surface area (Å²) in [5, 5.41) is 12.4. The molecule has 2 aromatic rings. The van der Waals surface area contributed by atoms with Crippen LogP contribution in [0, 0.1) is 6.92 Å². The lowest BCUT2D eigenvalue weighted by Crippen LogP contribution is -2.15. The number of halogens is 2. The van der Waals surface area contributed by atoms with Crippen molar-refractivity contribution in [1.29, 1.82) is 0 Å². The molecule has 0 unspecified atom stereocenters. The molecule has 108 valence electrons. The van der Waals surface area contributed by atoms with Gasteiger partial charge in [0.25, 0.3) is 5.91 Å². The van der Waals surface area contributed by atoms with Gasteiger partial charge >= 0.3 is 5.97 Å². The number of rotatable bonds is 3. The highest BCUT2D eigenvalue weighted by Crippen LogP contribution is 2.23. The number of benzene rings is 2. The molecule has 2 N–H and O–H groups in total. The van der Waals surface area contributed by atoms with Crippen LogP contribution in [-0.2, 0) is 0 Å². The quantitative estimate of drug-likeness (QED) is 0.887. The lowest BCUT2D eigenvalue weighted by molar-refractivity contribution is 0.0698. The van der Waals surface area contributed by atoms with E-state index in [0.29, 0.717) is 15.6 Å². The molecule has 0 aliphatic carbocycles. The van der Waals surface area contributed by atoms with E-state index < -0.39 is 11.9 Å². The summed E-state index contributed by atoms with van der Waals surface area (Å²) in [6, 6.07) is 9.06. The zero-order valence-corrected chi connectivity index (χ0v) is 12.5. The lowest BCUT2D eigenvalue weighted by Gasteiger charge is -2.10. The SMILES string of the molecule is Cc1cc(Cl)cc(C(=O)Nc2cc(Cl)ccc2C(=O)O)c1. The van der Waals surface area contributed by atoms with Gasteiger partial charge in [-0.1, -0.05) is 23.2 Å². The second-order valence-corrected chi connectivity index (χ2v) is 5.34. The van der Waals surface area contributed by atoms with Crippen molar-refractivity contribution in [3.8, 4) is 0 Å². The van der Waals surface area contributed by atoms with Gasteiger partial charge in [0.05, 0.1) is 11.3 Å². The van der Waals surface area contributed by atoms with E-state index in [9.17, 15) is 9.59 Å². The fourth-order valence-electron chi connectivity index (χ4n) is 1.87. The van der Waals surface area contributed by atoms with Crippen molar-refractivity contribution < 1.29 is 14.7 Å². The first-order valence-electron chi connectivity index (χ1n) is 5.98. The number of aryl methyl sites for hydroxylation is 1. The van der Waals surface area contributed by atoms with E-state index in [2.05, 4.69) is 5.32 Å². The highest BCUT2D eigenvalue weighted by Gasteiger charge is 2.14. The van der Waals surface area contributed by atoms with E-state index >= 15 is 0 Å². The Morgan fingerprint density at radius 2 is 1.76 bits per heavy atom. The monoisotopic (exact) mass is 323 g/mol. The van der Waals surface area contributed by atoms with E-state index in [4.69, 9.17) is 28.3 Å². The van der Waals surface area contributed by atoms with Crippen LogP contribution in [0.4, 0.5) is 5.69 Å². The second-order valence-electron chi connectivity index (χ2n) is 4.47. The Balaban J connectivity index is 2.35. The number of carboxylic acid groups (broad SMARTS) is 1. The first-order chi connectivity index (χ1) is 9.86. The highest BCUT2D eigenvalue weighted by molar-refractivity contribution is 6.31. The molecule has 1 amide bonds. The number of carboxylic acids is 1. The molecule has 0 saturated heterocycles. The number of amides is 1. The fourth-order valence-corrected chi connectivity index (χ4v) is 2.33. The Bertz CT molecular complexity index is 709. The minimum absolute atomic E-state index is 0.0356. The van der Waals surface area contributed by atoms with Gasteiger partial charge in [0.1, 0.15) is 0 Å². The smallest absolute Gasteiger partial charge is 0.337 e. The zero-order valence-electron chi connectivity index (χ0n) is 11.0. The van der Waals surface area contributed by atoms with E-state index in [0.717, 1.165) is 5.56 Å². The molecule has 0 atom stereocenters. The van der Waals surface area contributed by atoms with Gasteiger partial charge in [-0.25, -0.2) is 4.79 Å². The average molecular weight is 324 g/mol. The van der Waals surface area contributed by atoms with Crippen LogP contribution in [0.25, 0.3) is 0 Å². The van der Waals surface area contributed by atoms with Crippen LogP contribution < -0.4 is 5.32 Å². The van der Waals surface area contributed by atoms with E-state index in [1.807, 2.05) is 6.92 Å². The second kappa shape index (κ2) is 6.16. The lowest BCUT2D eigenvalue weighted by atomic mass is 10.1. The highest BCUT2D eigenvalue weighted by atomic mass is 35.5. The Kier molecular flexibility index (Phi) is 4.50. The van der Waals surface area contributed by atoms with Crippen molar-refractivity contribution in [2.24, 2.45) is 0 Å². The average Bonchev–Trinajstić information content (AvgIpc) is 2.37. The minimum Gasteiger partial charge on any atom is -0.478 e. The Hall–Kier alpha value is -2.04. The standard InChI is InChI=1S/C15H11Cl2NO3/c1-8-4-9(6-11(17)5-8)14(19)18-13-7-10(16)2-3-12(13)15(20)21/h2-7H,1H3,(H,18,19)(H,20,21). The van der Waals surface area contributed by atoms with Crippen molar-refractivity contribution in [2.75, 3.05) is 5.32 Å². The van der Waals surface area contributed by atoms with Crippen LogP contribution in [0.2, 0.25) is 10.0 Å². The third-order valence-corrected chi connectivity index (χ3v) is 3.22. The molecule has 4 nitrogen and oxygen atoms in total. The maximum atomic E-state index is 12.2. The molecule has 0 saturated carbocycles. The van der Waals surface area contributed by atoms with E-state index in [1.54, 1.807) is 12.1 Å². The number of carbonyl (C=O) groups excluding carboxylic acids is 1. The van der Waals surface area contributed by atoms with Gasteiger partial charge in [-0.05, 0) is 48.9 Å². The van der Waals surface area contributed by atoms with Crippen LogP contribution in [-0.4, -0.2) is 17.0 Å². The summed E-state index contributed by atoms with van der Waals surface area (Å²) in [6.07, 6.45) is 0. The Labute approximate surface area is 131 Å². The van der Waals surface area contributed by atoms with Crippen molar-refractivity contribution >= 4 is 40.8 Å². The summed E-state index contributed by atoms with van der Waals surface area (Å²) in [4.78, 5) is 23.3. The molecular weight excluding hydrogens is 313 g/mol. The fraction of sp³-hybridized carbons (Fsp3) is 0.0667. The van der Waals surface area contributed by atoms with E-state index in [1.165, 1.54) is 24.3 Å². The molecule has 0 bridgehead atoms. The van der Waals surface area contributed by atoms with Gasteiger partial charge in [-0.2, -0.15) is 0 Å². The summed E-state index contributed by atoms with van der Waals surface area (Å²) in [6.45, 7) is 1.81. The normalized spacial score (nSPS) is 10.2. The predicted octanol–water partition coefficient (Wildman–Crippen LogP) is 4.25. The van der Waals surface area contributed by atoms with Crippen molar-refractivity contribution in [3.63, 3.8) is 0 Å². The molecule has 6 heteroatoms. The summed E-state index contributed by atoms with van der Waals surface area (Å²) >= 11 is 11.7. The summed E-state index contributed by atoms with van der Waals surface area (Å²) in [5.41, 5.74) is 1.28. The number of aromatic carboxylic acids is 1. The van der Waals surface area contributed by atoms with Gasteiger partial charge in [0.15, 0.2) is 0 Å². The predicted molar refractivity (Wildman–Crippen MR) is 82.6 cm³/mol. The van der Waals surface area contributed by atoms with Crippen molar-refractivity contribution in [3.05, 3.63) is 63.1 Å². The number of hydrogen-bond acceptors (Lipinski definition) is 2. The molecule has 0 aromatic heterocycles. The first-order valence-corrected chi connectivity index (χ1v) is 6.74. The van der Waals surface area contributed by atoms with Crippen LogP contribution in [0.1, 0.15) is 26.3 Å². The Morgan fingerprint density at radius 3 is 2.38 bits per heavy atom. The Morgan fingerprint density at radius 1 is 1.05 bits per heavy atom. The molecule has 0 heterocycles. The molecule has 0 radical (unpaired) electrons. The van der Waals surface area contributed by atoms with Crippen molar-refractivity contribution in [2.45, 2.75) is 6.92 Å². The van der Waals surface area contributed by atoms with Gasteiger partial charge in [-0.15, -0.1) is 0 Å². The van der Waals surface area contributed by atoms with Gasteiger partial charge in [0, 0.05) is 15.6 Å². The maximum absolute atomic E-state index is 12.2. The molecule has 0 aliphatic heterocycles. The summed E-state index contributed by atoms with van der Waals surface area (Å²) < 4.78 is 0. The third-order valence-electron chi connectivity index (χ3n) is 2.76. The third kappa shape index (κ3) is 3.74. The molecule has 21 heavy (non-hydrogen) atoms. The van der Waals surface area contributed by atoms with Gasteiger partial charge < -0.3 is 10.4 Å². The topological polar surface area (TPSA) is 66.4 Å². The first kappa shape index (κ1) is 15.4. The number of carbonyl (C=O) groups is 2. The van der Waals surface area contributed by atoms with Crippen LogP contribution >= 0.6 is 23.2 Å². The molecule has 0 spiro atoms. The number of hydrogen-bond donors (Lipinski definition) is 2. The summed E-state index contributed by atoms with van der Waals surface area (Å²) in [7, 11) is 0. The number of nitrogens with one attached hydrogen (secondary N) is 1. The van der Waals surface area contributed by atoms with Crippen LogP contribution in [0.5, 0.6) is 0 Å². The van der Waals surface area contributed by atoms with Crippen LogP contribution in [0.3, 0.4) is 0 Å². The van der Waals surface area contributed by atoms with Gasteiger partial charge in [0.2, 0.25) is 0 Å². The molecular formula is C15H11Cl2NO3. The van der Waals surface area contributed by atoms with Crippen molar-refractivity contribution in [1.82, 2.24) is 0 Å². The molecule has 2 rings (SSSR count). The molecule has 0 fully saturated rings. The van der Waals surface area contributed by atoms with Gasteiger partial charge in [-0.3, -0.25) is 4.79 Å². The maximum Gasteiger partial charge on any atom is 0.337 e. The molecule has 0 aliphatic rings. The van der Waals surface area contributed by atoms with E-state index in [-0.39, 0.29) is 11.3 Å². The molecule has 2 aromatic carbocycles. The van der Waals surface area contributed by atoms with Crippen LogP contribution in [0.15, 0.2) is 36.4 Å². The number of anilines is 1. The largest absolute Gasteiger partial charge is 0.478 e. The zero-order chi connectivity index (χ0) is 15.6.